The molecular weight excluding hydrogens is 269 g/mol. The number of rotatable bonds is 0. The second-order valence-electron chi connectivity index (χ2n) is 0.553. The van der Waals surface area contributed by atoms with Crippen LogP contribution in [0, 0.1) is 0 Å². The van der Waals surface area contributed by atoms with E-state index in [0.717, 1.165) is 0 Å². The molecule has 0 aromatic carbocycles. The minimum absolute atomic E-state index is 0. The fourth-order valence-electron chi connectivity index (χ4n) is 0. The Hall–Kier alpha value is 0.170. The van der Waals surface area contributed by atoms with Gasteiger partial charge in [0, 0.05) is 0 Å². The first-order chi connectivity index (χ1) is 2.27. The van der Waals surface area contributed by atoms with Crippen molar-refractivity contribution in [3.8, 4) is 0 Å². The summed E-state index contributed by atoms with van der Waals surface area (Å²) in [6.07, 6.45) is 0. The molecule has 0 spiro atoms. The van der Waals surface area contributed by atoms with Gasteiger partial charge in [0.05, 0.1) is 0 Å². The van der Waals surface area contributed by atoms with E-state index in [1.165, 1.54) is 6.92 Å². The summed E-state index contributed by atoms with van der Waals surface area (Å²) in [5.41, 5.74) is 0. The fraction of sp³-hybridized carbons (Fsp3) is 0.500. The molecule has 0 aliphatic carbocycles. The molecule has 0 unspecified atom stereocenters. The summed E-state index contributed by atoms with van der Waals surface area (Å²) in [6.45, 7) is 1.35. The molecule has 2 N–H and O–H groups in total. The van der Waals surface area contributed by atoms with Crippen molar-refractivity contribution in [3.05, 3.63) is 0 Å². The first-order valence-electron chi connectivity index (χ1n) is 1.03. The van der Waals surface area contributed by atoms with Crippen LogP contribution >= 0.6 is 0 Å². The molecule has 0 aromatic rings. The first-order valence-corrected chi connectivity index (χ1v) is 1.92. The van der Waals surface area contributed by atoms with Crippen molar-refractivity contribution in [2.75, 3.05) is 0 Å². The maximum atomic E-state index is 9.58. The second-order valence-corrected chi connectivity index (χ2v) is 0.995. The molecule has 0 aliphatic heterocycles. The maximum Gasteiger partial charge on any atom is -0.412 e. The van der Waals surface area contributed by atoms with Crippen LogP contribution in [0.5, 0.6) is 0 Å². The summed E-state index contributed by atoms with van der Waals surface area (Å²) in [5, 5.41) is 0. The Morgan fingerprint density at radius 3 is 2.00 bits per heavy atom. The van der Waals surface area contributed by atoms with Gasteiger partial charge in [-0.25, -0.2) is 0 Å². The predicted molar refractivity (Wildman–Crippen MR) is 15.4 cm³/mol. The average Bonchev–Trinajstić information content (AvgIpc) is 1.38. The molecule has 0 radical (unpaired) electrons. The van der Waals surface area contributed by atoms with Gasteiger partial charge in [-0.15, -0.1) is 0 Å². The molecule has 0 fully saturated rings. The van der Waals surface area contributed by atoms with Crippen LogP contribution in [0.15, 0.2) is 0 Å². The number of carbonyl (C=O) groups is 1. The largest absolute Gasteiger partial charge is 0.412 e. The van der Waals surface area contributed by atoms with Gasteiger partial charge in [-0.3, -0.25) is 0 Å². The van der Waals surface area contributed by atoms with Gasteiger partial charge in [0.1, 0.15) is 0 Å². The summed E-state index contributed by atoms with van der Waals surface area (Å²) in [4.78, 5) is 9.58. The molecule has 0 saturated carbocycles. The monoisotopic (exact) mass is 274 g/mol. The molecule has 3 nitrogen and oxygen atoms in total. The standard InChI is InChI=1S/C2H4O2.Au.H2O/c1-2(3)4;;/h1H3,(H,3,4);;1H2/q;+1;/p-1. The molecule has 0 aliphatic rings. The van der Waals surface area contributed by atoms with Gasteiger partial charge in [-0.1, -0.05) is 0 Å². The smallest absolute Gasteiger partial charge is 0.412 e. The number of carbonyl (C=O) groups excluding carboxylic acids is 1. The van der Waals surface area contributed by atoms with Crippen molar-refractivity contribution in [2.24, 2.45) is 0 Å². The third-order valence-electron chi connectivity index (χ3n) is 0.0867. The Morgan fingerprint density at radius 2 is 2.00 bits per heavy atom. The molecule has 0 bridgehead atoms. The van der Waals surface area contributed by atoms with Gasteiger partial charge >= 0.3 is 42.4 Å². The van der Waals surface area contributed by atoms with Crippen molar-refractivity contribution in [3.63, 3.8) is 0 Å². The van der Waals surface area contributed by atoms with E-state index >= 15 is 0 Å². The van der Waals surface area contributed by atoms with E-state index in [1.807, 2.05) is 0 Å². The van der Waals surface area contributed by atoms with Crippen molar-refractivity contribution >= 4 is 5.97 Å². The van der Waals surface area contributed by atoms with Crippen molar-refractivity contribution in [1.29, 1.82) is 0 Å². The van der Waals surface area contributed by atoms with Crippen LogP contribution < -0.4 is 0 Å². The molecular formula is C2H5AuO3. The van der Waals surface area contributed by atoms with Crippen LogP contribution in [0.1, 0.15) is 6.92 Å². The first kappa shape index (κ1) is 9.48. The van der Waals surface area contributed by atoms with Crippen LogP contribution in [0.2, 0.25) is 0 Å². The van der Waals surface area contributed by atoms with Gasteiger partial charge in [0.2, 0.25) is 0 Å². The molecule has 0 aromatic heterocycles. The summed E-state index contributed by atoms with van der Waals surface area (Å²) in [7, 11) is 0. The van der Waals surface area contributed by atoms with E-state index in [2.05, 4.69) is 3.24 Å². The zero-order valence-corrected chi connectivity index (χ0v) is 5.28. The Bertz CT molecular complexity index is 44.1. The molecule has 0 amide bonds. The van der Waals surface area contributed by atoms with Crippen LogP contribution in [0.3, 0.4) is 0 Å². The van der Waals surface area contributed by atoms with Gasteiger partial charge in [-0.05, 0) is 0 Å². The SMILES string of the molecule is CC(=O)[O][Au].O. The molecule has 42 valence electrons. The van der Waals surface area contributed by atoms with Crippen molar-refractivity contribution in [2.45, 2.75) is 6.92 Å². The van der Waals surface area contributed by atoms with E-state index < -0.39 is 0 Å². The molecule has 0 rings (SSSR count). The second kappa shape index (κ2) is 5.17. The number of hydrogen-bond donors (Lipinski definition) is 0. The van der Waals surface area contributed by atoms with Gasteiger partial charge in [0.15, 0.2) is 0 Å². The van der Waals surface area contributed by atoms with E-state index in [1.54, 1.807) is 21.5 Å². The Kier molecular flexibility index (Phi) is 8.17. The molecule has 4 heteroatoms. The minimum Gasteiger partial charge on any atom is -0.412 e. The normalized spacial score (nSPS) is 5.83. The van der Waals surface area contributed by atoms with Gasteiger partial charge in [-0.2, -0.15) is 0 Å². The van der Waals surface area contributed by atoms with E-state index in [4.69, 9.17) is 0 Å². The molecule has 0 saturated heterocycles. The summed E-state index contributed by atoms with van der Waals surface area (Å²) < 4.78 is 4.06. The summed E-state index contributed by atoms with van der Waals surface area (Å²) in [5.74, 6) is -0.270. The quantitative estimate of drug-likeness (QED) is 0.542. The summed E-state index contributed by atoms with van der Waals surface area (Å²) >= 11 is 1.68. The Balaban J connectivity index is 0. The van der Waals surface area contributed by atoms with Crippen LogP contribution in [0.25, 0.3) is 0 Å². The predicted octanol–water partition coefficient (Wildman–Crippen LogP) is -0.813. The Morgan fingerprint density at radius 1 is 1.83 bits per heavy atom. The third kappa shape index (κ3) is 8.90. The molecule has 0 atom stereocenters. The van der Waals surface area contributed by atoms with Gasteiger partial charge < -0.3 is 5.48 Å². The van der Waals surface area contributed by atoms with E-state index in [9.17, 15) is 4.79 Å². The topological polar surface area (TPSA) is 57.8 Å². The van der Waals surface area contributed by atoms with E-state index in [-0.39, 0.29) is 11.4 Å². The van der Waals surface area contributed by atoms with Crippen molar-refractivity contribution in [1.82, 2.24) is 0 Å². The van der Waals surface area contributed by atoms with Crippen LogP contribution in [-0.2, 0) is 29.5 Å². The van der Waals surface area contributed by atoms with Crippen LogP contribution in [0.4, 0.5) is 0 Å². The number of hydrogen-bond acceptors (Lipinski definition) is 2. The minimum atomic E-state index is -0.270. The van der Waals surface area contributed by atoms with E-state index in [0.29, 0.717) is 0 Å². The zero-order chi connectivity index (χ0) is 4.28. The zero-order valence-electron chi connectivity index (χ0n) is 3.12. The average molecular weight is 274 g/mol. The van der Waals surface area contributed by atoms with Crippen LogP contribution in [-0.4, -0.2) is 11.4 Å². The van der Waals surface area contributed by atoms with Gasteiger partial charge in [0.25, 0.3) is 0 Å². The fourth-order valence-corrected chi connectivity index (χ4v) is 0. The van der Waals surface area contributed by atoms with Crippen molar-refractivity contribution < 1.29 is 35.0 Å². The molecule has 0 heterocycles. The summed E-state index contributed by atoms with van der Waals surface area (Å²) in [6, 6.07) is 0. The maximum absolute atomic E-state index is 9.58. The molecule has 6 heavy (non-hydrogen) atoms. The third-order valence-corrected chi connectivity index (χ3v) is 0.709. The Labute approximate surface area is 48.4 Å².